The van der Waals surface area contributed by atoms with Gasteiger partial charge >= 0.3 is 0 Å². The van der Waals surface area contributed by atoms with Crippen molar-refractivity contribution < 1.29 is 14.1 Å². The van der Waals surface area contributed by atoms with Crippen LogP contribution in [0.3, 0.4) is 0 Å². The lowest BCUT2D eigenvalue weighted by atomic mass is 10.1. The van der Waals surface area contributed by atoms with Crippen molar-refractivity contribution in [2.24, 2.45) is 0 Å². The van der Waals surface area contributed by atoms with Gasteiger partial charge in [-0.05, 0) is 43.2 Å². The highest BCUT2D eigenvalue weighted by Gasteiger charge is 2.31. The second-order valence-corrected chi connectivity index (χ2v) is 7.01. The van der Waals surface area contributed by atoms with Crippen molar-refractivity contribution in [2.75, 3.05) is 11.4 Å². The minimum atomic E-state index is -0.701. The van der Waals surface area contributed by atoms with Gasteiger partial charge in [-0.25, -0.2) is 4.39 Å². The number of nitro benzene ring substituents is 1. The van der Waals surface area contributed by atoms with E-state index in [0.29, 0.717) is 24.2 Å². The second kappa shape index (κ2) is 7.54. The molecule has 1 aliphatic heterocycles. The van der Waals surface area contributed by atoms with Gasteiger partial charge in [0, 0.05) is 23.2 Å². The van der Waals surface area contributed by atoms with E-state index < -0.39 is 16.0 Å². The molecule has 26 heavy (non-hydrogen) atoms. The van der Waals surface area contributed by atoms with E-state index in [1.54, 1.807) is 29.2 Å². The third kappa shape index (κ3) is 3.68. The molecular weight excluding hydrogens is 357 g/mol. The number of rotatable bonds is 4. The van der Waals surface area contributed by atoms with Crippen molar-refractivity contribution >= 4 is 29.0 Å². The molecule has 0 spiro atoms. The van der Waals surface area contributed by atoms with E-state index in [1.807, 2.05) is 6.07 Å². The Kier molecular flexibility index (Phi) is 5.19. The molecule has 132 valence electrons. The Hall–Kier alpha value is -2.92. The Morgan fingerprint density at radius 2 is 2.00 bits per heavy atom. The van der Waals surface area contributed by atoms with Gasteiger partial charge in [-0.15, -0.1) is 11.8 Å². The number of hydrogen-bond acceptors (Lipinski definition) is 5. The maximum Gasteiger partial charge on any atom is 0.272 e. The summed E-state index contributed by atoms with van der Waals surface area (Å²) in [7, 11) is 0. The number of nitrogens with zero attached hydrogens (tertiary/aromatic N) is 3. The largest absolute Gasteiger partial charge is 0.311 e. The molecule has 0 aliphatic carbocycles. The second-order valence-electron chi connectivity index (χ2n) is 5.77. The topological polar surface area (TPSA) is 87.2 Å². The van der Waals surface area contributed by atoms with Gasteiger partial charge in [-0.1, -0.05) is 0 Å². The highest BCUT2D eigenvalue weighted by Crippen LogP contribution is 2.34. The number of carbonyl (C=O) groups excluding carboxylic acids is 1. The third-order valence-electron chi connectivity index (χ3n) is 4.09. The first-order valence-electron chi connectivity index (χ1n) is 7.92. The Balaban J connectivity index is 1.77. The summed E-state index contributed by atoms with van der Waals surface area (Å²) in [5.41, 5.74) is 0.890. The number of piperidine rings is 1. The SMILES string of the molecule is N#Cc1ccc(N2CCC[C@@H](Sc3ccc([N+](=O)[O-])cc3F)C2=O)cc1. The Morgan fingerprint density at radius 1 is 1.27 bits per heavy atom. The predicted octanol–water partition coefficient (Wildman–Crippen LogP) is 3.89. The Bertz CT molecular complexity index is 896. The molecular formula is C18H14FN3O3S. The number of thioether (sulfide) groups is 1. The van der Waals surface area contributed by atoms with Crippen molar-refractivity contribution in [3.8, 4) is 6.07 Å². The molecule has 2 aromatic rings. The zero-order valence-corrected chi connectivity index (χ0v) is 14.4. The van der Waals surface area contributed by atoms with Crippen LogP contribution in [0.2, 0.25) is 0 Å². The molecule has 1 saturated heterocycles. The number of hydrogen-bond donors (Lipinski definition) is 0. The van der Waals surface area contributed by atoms with Crippen LogP contribution in [0.25, 0.3) is 0 Å². The molecule has 0 N–H and O–H groups in total. The van der Waals surface area contributed by atoms with E-state index in [0.717, 1.165) is 24.2 Å². The van der Waals surface area contributed by atoms with E-state index in [4.69, 9.17) is 5.26 Å². The molecule has 0 bridgehead atoms. The van der Waals surface area contributed by atoms with Crippen LogP contribution in [0, 0.1) is 27.3 Å². The van der Waals surface area contributed by atoms with Crippen molar-refractivity contribution in [1.29, 1.82) is 5.26 Å². The summed E-state index contributed by atoms with van der Waals surface area (Å²) in [6.45, 7) is 0.560. The lowest BCUT2D eigenvalue weighted by Gasteiger charge is -2.32. The third-order valence-corrected chi connectivity index (χ3v) is 5.40. The monoisotopic (exact) mass is 371 g/mol. The fraction of sp³-hybridized carbons (Fsp3) is 0.222. The van der Waals surface area contributed by atoms with Gasteiger partial charge in [0.15, 0.2) is 0 Å². The first-order valence-corrected chi connectivity index (χ1v) is 8.79. The number of carbonyl (C=O) groups is 1. The average Bonchev–Trinajstić information content (AvgIpc) is 2.65. The smallest absolute Gasteiger partial charge is 0.272 e. The molecule has 0 saturated carbocycles. The standard InChI is InChI=1S/C18H14FN3O3S/c19-15-10-14(22(24)25)7-8-16(15)26-17-2-1-9-21(18(17)23)13-5-3-12(11-20)4-6-13/h3-8,10,17H,1-2,9H2/t17-/m1/s1. The van der Waals surface area contributed by atoms with Gasteiger partial charge in [-0.2, -0.15) is 5.26 Å². The number of non-ortho nitro benzene ring substituents is 1. The zero-order chi connectivity index (χ0) is 18.7. The Labute approximate surface area is 153 Å². The maximum atomic E-state index is 14.1. The zero-order valence-electron chi connectivity index (χ0n) is 13.6. The lowest BCUT2D eigenvalue weighted by Crippen LogP contribution is -2.43. The highest BCUT2D eigenvalue weighted by atomic mass is 32.2. The molecule has 0 aromatic heterocycles. The van der Waals surface area contributed by atoms with Crippen molar-refractivity contribution in [3.05, 3.63) is 64.0 Å². The molecule has 0 unspecified atom stereocenters. The number of amides is 1. The molecule has 1 aliphatic rings. The van der Waals surface area contributed by atoms with Gasteiger partial charge in [0.1, 0.15) is 5.82 Å². The first kappa shape index (κ1) is 17.9. The number of nitriles is 1. The molecule has 8 heteroatoms. The lowest BCUT2D eigenvalue weighted by molar-refractivity contribution is -0.385. The number of nitro groups is 1. The van der Waals surface area contributed by atoms with Crippen LogP contribution in [0.1, 0.15) is 18.4 Å². The summed E-state index contributed by atoms with van der Waals surface area (Å²) >= 11 is 1.08. The number of halogens is 1. The van der Waals surface area contributed by atoms with Crippen LogP contribution in [0.5, 0.6) is 0 Å². The van der Waals surface area contributed by atoms with Gasteiger partial charge in [-0.3, -0.25) is 14.9 Å². The molecule has 6 nitrogen and oxygen atoms in total. The molecule has 1 atom stereocenters. The quantitative estimate of drug-likeness (QED) is 0.601. The number of anilines is 1. The number of benzene rings is 2. The maximum absolute atomic E-state index is 14.1. The van der Waals surface area contributed by atoms with Crippen LogP contribution in [0.15, 0.2) is 47.4 Å². The van der Waals surface area contributed by atoms with Gasteiger partial charge in [0.25, 0.3) is 5.69 Å². The summed E-state index contributed by atoms with van der Waals surface area (Å²) < 4.78 is 14.1. The van der Waals surface area contributed by atoms with Gasteiger partial charge in [0.2, 0.25) is 5.91 Å². The van der Waals surface area contributed by atoms with E-state index in [-0.39, 0.29) is 16.5 Å². The van der Waals surface area contributed by atoms with E-state index in [2.05, 4.69) is 0 Å². The molecule has 2 aromatic carbocycles. The van der Waals surface area contributed by atoms with Gasteiger partial charge in [0.05, 0.1) is 27.9 Å². The van der Waals surface area contributed by atoms with Crippen LogP contribution in [-0.2, 0) is 4.79 Å². The van der Waals surface area contributed by atoms with Crippen LogP contribution < -0.4 is 4.90 Å². The summed E-state index contributed by atoms with van der Waals surface area (Å²) in [5, 5.41) is 19.1. The first-order chi connectivity index (χ1) is 12.5. The molecule has 0 radical (unpaired) electrons. The minimum absolute atomic E-state index is 0.135. The van der Waals surface area contributed by atoms with Crippen molar-refractivity contribution in [3.63, 3.8) is 0 Å². The minimum Gasteiger partial charge on any atom is -0.311 e. The fourth-order valence-electron chi connectivity index (χ4n) is 2.78. The summed E-state index contributed by atoms with van der Waals surface area (Å²) in [6, 6.07) is 12.2. The van der Waals surface area contributed by atoms with Crippen molar-refractivity contribution in [1.82, 2.24) is 0 Å². The predicted molar refractivity (Wildman–Crippen MR) is 95.4 cm³/mol. The molecule has 1 amide bonds. The summed E-state index contributed by atoms with van der Waals surface area (Å²) in [4.78, 5) is 24.7. The van der Waals surface area contributed by atoms with Crippen LogP contribution in [0.4, 0.5) is 15.8 Å². The van der Waals surface area contributed by atoms with E-state index in [1.165, 1.54) is 12.1 Å². The summed E-state index contributed by atoms with van der Waals surface area (Å²) in [6.07, 6.45) is 1.37. The normalized spacial score (nSPS) is 17.0. The van der Waals surface area contributed by atoms with Crippen molar-refractivity contribution in [2.45, 2.75) is 23.0 Å². The Morgan fingerprint density at radius 3 is 2.62 bits per heavy atom. The highest BCUT2D eigenvalue weighted by molar-refractivity contribution is 8.00. The fourth-order valence-corrected chi connectivity index (χ4v) is 3.91. The molecule has 1 heterocycles. The molecule has 3 rings (SSSR count). The van der Waals surface area contributed by atoms with Crippen LogP contribution >= 0.6 is 11.8 Å². The van der Waals surface area contributed by atoms with E-state index in [9.17, 15) is 19.3 Å². The average molecular weight is 371 g/mol. The van der Waals surface area contributed by atoms with E-state index >= 15 is 0 Å². The summed E-state index contributed by atoms with van der Waals surface area (Å²) in [5.74, 6) is -0.837. The van der Waals surface area contributed by atoms with Gasteiger partial charge < -0.3 is 4.90 Å². The van der Waals surface area contributed by atoms with Crippen LogP contribution in [-0.4, -0.2) is 22.6 Å². The molecule has 1 fully saturated rings.